The van der Waals surface area contributed by atoms with Gasteiger partial charge >= 0.3 is 0 Å². The summed E-state index contributed by atoms with van der Waals surface area (Å²) in [5.74, 6) is -0.806. The summed E-state index contributed by atoms with van der Waals surface area (Å²) >= 11 is 0. The minimum atomic E-state index is -0.580. The standard InChI is InChI=1S/C27H28N4O3/c1-15-5-7-22-18(9-15)20(11-28-22)24-25(27(34)29-26(24)33)21-14-31(13-17(32)12-30(3)4)23-8-6-16(2)10-19(21)23/h5-11,14,17,28,32H,12-13H2,1-4H3,(H,29,33,34). The van der Waals surface area contributed by atoms with Crippen LogP contribution in [0.15, 0.2) is 48.8 Å². The number of aromatic amines is 1. The predicted molar refractivity (Wildman–Crippen MR) is 134 cm³/mol. The Balaban J connectivity index is 1.74. The Kier molecular flexibility index (Phi) is 5.38. The zero-order chi connectivity index (χ0) is 24.1. The summed E-state index contributed by atoms with van der Waals surface area (Å²) in [7, 11) is 3.83. The molecule has 1 aliphatic heterocycles. The lowest BCUT2D eigenvalue weighted by atomic mass is 9.95. The highest BCUT2D eigenvalue weighted by molar-refractivity contribution is 6.50. The molecule has 1 unspecified atom stereocenters. The Hall–Kier alpha value is -3.68. The first-order valence-electron chi connectivity index (χ1n) is 11.3. The lowest BCUT2D eigenvalue weighted by molar-refractivity contribution is -0.122. The van der Waals surface area contributed by atoms with Crippen LogP contribution in [0, 0.1) is 13.8 Å². The summed E-state index contributed by atoms with van der Waals surface area (Å²) in [5.41, 5.74) is 6.07. The predicted octanol–water partition coefficient (Wildman–Crippen LogP) is 3.23. The second-order valence-corrected chi connectivity index (χ2v) is 9.42. The van der Waals surface area contributed by atoms with E-state index in [-0.39, 0.29) is 0 Å². The third-order valence-corrected chi connectivity index (χ3v) is 6.33. The maximum Gasteiger partial charge on any atom is 0.259 e. The van der Waals surface area contributed by atoms with Gasteiger partial charge in [0.15, 0.2) is 0 Å². The molecule has 4 aromatic rings. The number of aliphatic hydroxyl groups excluding tert-OH is 1. The van der Waals surface area contributed by atoms with E-state index in [0.717, 1.165) is 32.9 Å². The van der Waals surface area contributed by atoms with Gasteiger partial charge in [-0.1, -0.05) is 23.3 Å². The van der Waals surface area contributed by atoms with E-state index in [1.807, 2.05) is 80.0 Å². The number of carbonyl (C=O) groups is 2. The molecule has 0 fully saturated rings. The highest BCUT2D eigenvalue weighted by Gasteiger charge is 2.35. The maximum atomic E-state index is 13.1. The SMILES string of the molecule is Cc1ccc2[nH]cc(C3=C(c4cn(CC(O)CN(C)C)c5ccc(C)cc45)C(=O)NC3=O)c2c1. The number of aliphatic hydroxyl groups is 1. The first-order chi connectivity index (χ1) is 16.2. The normalized spacial score (nSPS) is 15.2. The lowest BCUT2D eigenvalue weighted by Crippen LogP contribution is -2.29. The number of likely N-dealkylation sites (N-methyl/N-ethyl adjacent to an activating group) is 1. The third-order valence-electron chi connectivity index (χ3n) is 6.33. The molecule has 3 heterocycles. The number of fused-ring (bicyclic) bond motifs is 2. The van der Waals surface area contributed by atoms with Crippen molar-refractivity contribution in [1.82, 2.24) is 19.8 Å². The smallest absolute Gasteiger partial charge is 0.259 e. The van der Waals surface area contributed by atoms with Crippen molar-refractivity contribution in [3.8, 4) is 0 Å². The molecule has 7 nitrogen and oxygen atoms in total. The number of rotatable bonds is 6. The average molecular weight is 457 g/mol. The topological polar surface area (TPSA) is 90.4 Å². The summed E-state index contributed by atoms with van der Waals surface area (Å²) < 4.78 is 1.97. The number of hydrogen-bond acceptors (Lipinski definition) is 4. The molecular formula is C27H28N4O3. The van der Waals surface area contributed by atoms with Crippen molar-refractivity contribution in [1.29, 1.82) is 0 Å². The second kappa shape index (κ2) is 8.27. The first-order valence-corrected chi connectivity index (χ1v) is 11.3. The fraction of sp³-hybridized carbons (Fsp3) is 0.259. The van der Waals surface area contributed by atoms with Crippen LogP contribution in [0.4, 0.5) is 0 Å². The van der Waals surface area contributed by atoms with E-state index < -0.39 is 17.9 Å². The van der Waals surface area contributed by atoms with Crippen molar-refractivity contribution in [2.45, 2.75) is 26.5 Å². The van der Waals surface area contributed by atoms with Gasteiger partial charge in [0.2, 0.25) is 0 Å². The molecule has 2 aromatic carbocycles. The molecule has 0 aliphatic carbocycles. The molecule has 0 saturated heterocycles. The summed E-state index contributed by atoms with van der Waals surface area (Å²) in [6, 6.07) is 12.0. The Morgan fingerprint density at radius 1 is 0.941 bits per heavy atom. The fourth-order valence-corrected chi connectivity index (χ4v) is 4.88. The second-order valence-electron chi connectivity index (χ2n) is 9.42. The van der Waals surface area contributed by atoms with E-state index in [9.17, 15) is 14.7 Å². The minimum Gasteiger partial charge on any atom is -0.390 e. The van der Waals surface area contributed by atoms with Crippen molar-refractivity contribution in [2.24, 2.45) is 0 Å². The molecule has 0 spiro atoms. The van der Waals surface area contributed by atoms with Crippen LogP contribution in [0.5, 0.6) is 0 Å². The number of H-pyrrole nitrogens is 1. The van der Waals surface area contributed by atoms with E-state index in [2.05, 4.69) is 10.3 Å². The summed E-state index contributed by atoms with van der Waals surface area (Å²) in [6.45, 7) is 4.89. The van der Waals surface area contributed by atoms with Gasteiger partial charge in [-0.15, -0.1) is 0 Å². The molecular weight excluding hydrogens is 428 g/mol. The van der Waals surface area contributed by atoms with Gasteiger partial charge in [0.1, 0.15) is 0 Å². The van der Waals surface area contributed by atoms with Gasteiger partial charge in [-0.3, -0.25) is 14.9 Å². The molecule has 0 bridgehead atoms. The molecule has 2 aromatic heterocycles. The number of nitrogens with one attached hydrogen (secondary N) is 2. The van der Waals surface area contributed by atoms with Gasteiger partial charge in [0, 0.05) is 58.4 Å². The van der Waals surface area contributed by atoms with E-state index in [1.54, 1.807) is 6.20 Å². The Labute approximate surface area is 197 Å². The van der Waals surface area contributed by atoms with E-state index in [1.165, 1.54) is 0 Å². The molecule has 174 valence electrons. The van der Waals surface area contributed by atoms with Crippen LogP contribution >= 0.6 is 0 Å². The van der Waals surface area contributed by atoms with Gasteiger partial charge in [0.05, 0.1) is 17.3 Å². The third kappa shape index (κ3) is 3.73. The zero-order valence-electron chi connectivity index (χ0n) is 19.8. The van der Waals surface area contributed by atoms with Gasteiger partial charge in [-0.25, -0.2) is 0 Å². The molecule has 0 saturated carbocycles. The van der Waals surface area contributed by atoms with E-state index >= 15 is 0 Å². The quantitative estimate of drug-likeness (QED) is 0.389. The Morgan fingerprint density at radius 3 is 2.29 bits per heavy atom. The minimum absolute atomic E-state index is 0.365. The highest BCUT2D eigenvalue weighted by atomic mass is 16.3. The Bertz CT molecular complexity index is 1490. The van der Waals surface area contributed by atoms with Crippen molar-refractivity contribution in [3.05, 3.63) is 71.0 Å². The fourth-order valence-electron chi connectivity index (χ4n) is 4.88. The molecule has 3 N–H and O–H groups in total. The van der Waals surface area contributed by atoms with Crippen molar-refractivity contribution >= 4 is 44.8 Å². The van der Waals surface area contributed by atoms with Crippen molar-refractivity contribution < 1.29 is 14.7 Å². The van der Waals surface area contributed by atoms with Crippen LogP contribution in [0.1, 0.15) is 22.3 Å². The first kappa shape index (κ1) is 22.1. The average Bonchev–Trinajstić information content (AvgIpc) is 3.40. The number of amides is 2. The summed E-state index contributed by atoms with van der Waals surface area (Å²) in [4.78, 5) is 31.3. The number of hydrogen-bond donors (Lipinski definition) is 3. The summed E-state index contributed by atoms with van der Waals surface area (Å²) in [5, 5.41) is 14.9. The molecule has 1 aliphatic rings. The highest BCUT2D eigenvalue weighted by Crippen LogP contribution is 2.38. The molecule has 7 heteroatoms. The van der Waals surface area contributed by atoms with Crippen molar-refractivity contribution in [2.75, 3.05) is 20.6 Å². The lowest BCUT2D eigenvalue weighted by Gasteiger charge is -2.17. The van der Waals surface area contributed by atoms with Crippen LogP contribution in [-0.4, -0.2) is 58.1 Å². The molecule has 34 heavy (non-hydrogen) atoms. The number of carbonyl (C=O) groups excluding carboxylic acids is 2. The van der Waals surface area contributed by atoms with Gasteiger partial charge in [0.25, 0.3) is 11.8 Å². The maximum absolute atomic E-state index is 13.1. The van der Waals surface area contributed by atoms with Gasteiger partial charge in [-0.05, 0) is 52.2 Å². The molecule has 1 atom stereocenters. The van der Waals surface area contributed by atoms with Crippen LogP contribution in [-0.2, 0) is 16.1 Å². The largest absolute Gasteiger partial charge is 0.390 e. The zero-order valence-corrected chi connectivity index (χ0v) is 19.8. The van der Waals surface area contributed by atoms with Crippen LogP contribution in [0.2, 0.25) is 0 Å². The van der Waals surface area contributed by atoms with Crippen LogP contribution in [0.3, 0.4) is 0 Å². The number of benzene rings is 2. The summed E-state index contributed by atoms with van der Waals surface area (Å²) in [6.07, 6.45) is 3.10. The number of imide groups is 1. The molecule has 0 radical (unpaired) electrons. The van der Waals surface area contributed by atoms with Crippen molar-refractivity contribution in [3.63, 3.8) is 0 Å². The Morgan fingerprint density at radius 2 is 1.59 bits per heavy atom. The monoisotopic (exact) mass is 456 g/mol. The van der Waals surface area contributed by atoms with Gasteiger partial charge in [-0.2, -0.15) is 0 Å². The number of nitrogens with zero attached hydrogens (tertiary/aromatic N) is 2. The number of aromatic nitrogens is 2. The van der Waals surface area contributed by atoms with Gasteiger partial charge < -0.3 is 19.6 Å². The van der Waals surface area contributed by atoms with Crippen LogP contribution < -0.4 is 5.32 Å². The number of aryl methyl sites for hydroxylation is 2. The molecule has 5 rings (SSSR count). The van der Waals surface area contributed by atoms with Crippen LogP contribution in [0.25, 0.3) is 33.0 Å². The van der Waals surface area contributed by atoms with E-state index in [0.29, 0.717) is 35.4 Å². The van der Waals surface area contributed by atoms with E-state index in [4.69, 9.17) is 0 Å². The molecule has 2 amide bonds.